The van der Waals surface area contributed by atoms with E-state index in [1.165, 1.54) is 11.8 Å². The van der Waals surface area contributed by atoms with E-state index in [-0.39, 0.29) is 23.6 Å². The summed E-state index contributed by atoms with van der Waals surface area (Å²) in [6.45, 7) is 4.45. The average molecular weight is 444 g/mol. The van der Waals surface area contributed by atoms with Gasteiger partial charge in [-0.3, -0.25) is 9.59 Å². The van der Waals surface area contributed by atoms with E-state index in [4.69, 9.17) is 11.6 Å². The van der Waals surface area contributed by atoms with Gasteiger partial charge in [0.2, 0.25) is 5.91 Å². The third-order valence-electron chi connectivity index (χ3n) is 4.29. The zero-order chi connectivity index (χ0) is 21.5. The van der Waals surface area contributed by atoms with Crippen molar-refractivity contribution in [3.05, 3.63) is 71.0 Å². The highest BCUT2D eigenvalue weighted by Gasteiger charge is 2.20. The summed E-state index contributed by atoms with van der Waals surface area (Å²) in [5, 5.41) is 15.4. The van der Waals surface area contributed by atoms with Gasteiger partial charge in [0, 0.05) is 22.8 Å². The van der Waals surface area contributed by atoms with Crippen LogP contribution in [0.1, 0.15) is 36.1 Å². The Morgan fingerprint density at radius 2 is 1.80 bits per heavy atom. The third-order valence-corrected chi connectivity index (χ3v) is 5.51. The van der Waals surface area contributed by atoms with Crippen molar-refractivity contribution >= 4 is 40.9 Å². The van der Waals surface area contributed by atoms with E-state index < -0.39 is 0 Å². The molecule has 0 aliphatic carbocycles. The number of hydrogen-bond acceptors (Lipinski definition) is 5. The first-order chi connectivity index (χ1) is 14.5. The van der Waals surface area contributed by atoms with Crippen LogP contribution in [-0.4, -0.2) is 32.3 Å². The Morgan fingerprint density at radius 3 is 2.47 bits per heavy atom. The van der Waals surface area contributed by atoms with E-state index in [1.807, 2.05) is 36.6 Å². The van der Waals surface area contributed by atoms with Gasteiger partial charge in [-0.05, 0) is 50.2 Å². The minimum absolute atomic E-state index is 0.153. The molecule has 3 rings (SSSR count). The van der Waals surface area contributed by atoms with E-state index in [1.54, 1.807) is 36.4 Å². The van der Waals surface area contributed by atoms with Crippen molar-refractivity contribution in [3.8, 4) is 0 Å². The van der Waals surface area contributed by atoms with Gasteiger partial charge in [-0.1, -0.05) is 41.6 Å². The van der Waals surface area contributed by atoms with Gasteiger partial charge < -0.3 is 15.2 Å². The van der Waals surface area contributed by atoms with E-state index in [0.717, 1.165) is 0 Å². The van der Waals surface area contributed by atoms with E-state index in [0.29, 0.717) is 33.8 Å². The van der Waals surface area contributed by atoms with Crippen LogP contribution in [0.2, 0.25) is 5.02 Å². The number of nitrogens with one attached hydrogen (secondary N) is 2. The standard InChI is InChI=1S/C21H22ClN5O2S/c1-3-27-19(14(2)23-20(29)15-7-5-4-6-8-15)25-26-21(27)30-13-18(28)24-17-11-9-16(22)10-12-17/h4-12,14H,3,13H2,1-2H3,(H,23,29)(H,24,28)/t14-/m1/s1. The quantitative estimate of drug-likeness (QED) is 0.510. The zero-order valence-corrected chi connectivity index (χ0v) is 18.2. The SMILES string of the molecule is CCn1c(SCC(=O)Nc2ccc(Cl)cc2)nnc1[C@@H](C)NC(=O)c1ccccc1. The molecule has 0 fully saturated rings. The Kier molecular flexibility index (Phi) is 7.48. The number of rotatable bonds is 8. The van der Waals surface area contributed by atoms with E-state index in [2.05, 4.69) is 20.8 Å². The number of thioether (sulfide) groups is 1. The maximum Gasteiger partial charge on any atom is 0.251 e. The smallest absolute Gasteiger partial charge is 0.251 e. The molecule has 0 saturated heterocycles. The monoisotopic (exact) mass is 443 g/mol. The molecule has 30 heavy (non-hydrogen) atoms. The highest BCUT2D eigenvalue weighted by molar-refractivity contribution is 7.99. The number of nitrogens with zero attached hydrogens (tertiary/aromatic N) is 3. The fourth-order valence-corrected chi connectivity index (χ4v) is 3.75. The number of anilines is 1. The first-order valence-corrected chi connectivity index (χ1v) is 10.8. The minimum atomic E-state index is -0.331. The average Bonchev–Trinajstić information content (AvgIpc) is 3.17. The summed E-state index contributed by atoms with van der Waals surface area (Å²) in [6, 6.07) is 15.6. The van der Waals surface area contributed by atoms with Crippen molar-refractivity contribution in [3.63, 3.8) is 0 Å². The molecule has 2 aromatic carbocycles. The lowest BCUT2D eigenvalue weighted by atomic mass is 10.2. The molecule has 1 atom stereocenters. The second kappa shape index (κ2) is 10.3. The van der Waals surface area contributed by atoms with Crippen molar-refractivity contribution in [1.29, 1.82) is 0 Å². The van der Waals surface area contributed by atoms with Crippen LogP contribution >= 0.6 is 23.4 Å². The van der Waals surface area contributed by atoms with Gasteiger partial charge in [0.25, 0.3) is 5.91 Å². The molecule has 2 amide bonds. The van der Waals surface area contributed by atoms with Gasteiger partial charge in [-0.25, -0.2) is 0 Å². The van der Waals surface area contributed by atoms with Crippen LogP contribution < -0.4 is 10.6 Å². The van der Waals surface area contributed by atoms with Gasteiger partial charge in [0.1, 0.15) is 0 Å². The molecule has 1 aromatic heterocycles. The summed E-state index contributed by atoms with van der Waals surface area (Å²) >= 11 is 7.15. The van der Waals surface area contributed by atoms with Crippen LogP contribution in [0.5, 0.6) is 0 Å². The maximum atomic E-state index is 12.4. The maximum absolute atomic E-state index is 12.4. The van der Waals surface area contributed by atoms with E-state index >= 15 is 0 Å². The number of halogens is 1. The number of carbonyl (C=O) groups is 2. The summed E-state index contributed by atoms with van der Waals surface area (Å²) in [4.78, 5) is 24.6. The van der Waals surface area contributed by atoms with Gasteiger partial charge in [-0.2, -0.15) is 0 Å². The molecule has 1 heterocycles. The topological polar surface area (TPSA) is 88.9 Å². The minimum Gasteiger partial charge on any atom is -0.342 e. The molecule has 0 radical (unpaired) electrons. The molecule has 156 valence electrons. The summed E-state index contributed by atoms with van der Waals surface area (Å²) in [6.07, 6.45) is 0. The predicted molar refractivity (Wildman–Crippen MR) is 119 cm³/mol. The van der Waals surface area contributed by atoms with Gasteiger partial charge >= 0.3 is 0 Å². The first-order valence-electron chi connectivity index (χ1n) is 9.45. The Bertz CT molecular complexity index is 1010. The van der Waals surface area contributed by atoms with Gasteiger partial charge in [0.15, 0.2) is 11.0 Å². The van der Waals surface area contributed by atoms with Crippen LogP contribution in [-0.2, 0) is 11.3 Å². The Labute approximate surface area is 184 Å². The molecule has 3 aromatic rings. The molecule has 2 N–H and O–H groups in total. The Balaban J connectivity index is 1.61. The van der Waals surface area contributed by atoms with Gasteiger partial charge in [0.05, 0.1) is 11.8 Å². The number of aromatic nitrogens is 3. The number of hydrogen-bond donors (Lipinski definition) is 2. The van der Waals surface area contributed by atoms with Crippen molar-refractivity contribution in [2.24, 2.45) is 0 Å². The lowest BCUT2D eigenvalue weighted by Gasteiger charge is -2.15. The highest BCUT2D eigenvalue weighted by Crippen LogP contribution is 2.21. The molecule has 0 unspecified atom stereocenters. The van der Waals surface area contributed by atoms with Crippen molar-refractivity contribution < 1.29 is 9.59 Å². The molecule has 9 heteroatoms. The fourth-order valence-electron chi connectivity index (χ4n) is 2.82. The number of carbonyl (C=O) groups excluding carboxylic acids is 2. The largest absolute Gasteiger partial charge is 0.342 e. The molecule has 0 aliphatic heterocycles. The van der Waals surface area contributed by atoms with E-state index in [9.17, 15) is 9.59 Å². The highest BCUT2D eigenvalue weighted by atomic mass is 35.5. The molecule has 0 aliphatic rings. The van der Waals surface area contributed by atoms with Crippen LogP contribution in [0, 0.1) is 0 Å². The lowest BCUT2D eigenvalue weighted by molar-refractivity contribution is -0.113. The third kappa shape index (κ3) is 5.61. The van der Waals surface area contributed by atoms with Crippen LogP contribution in [0.4, 0.5) is 5.69 Å². The lowest BCUT2D eigenvalue weighted by Crippen LogP contribution is -2.28. The number of benzene rings is 2. The first kappa shape index (κ1) is 21.9. The zero-order valence-electron chi connectivity index (χ0n) is 16.6. The predicted octanol–water partition coefficient (Wildman–Crippen LogP) is 4.17. The van der Waals surface area contributed by atoms with Gasteiger partial charge in [-0.15, -0.1) is 10.2 Å². The Morgan fingerprint density at radius 1 is 1.10 bits per heavy atom. The molecule has 0 spiro atoms. The molecule has 7 nitrogen and oxygen atoms in total. The summed E-state index contributed by atoms with van der Waals surface area (Å²) in [5.74, 6) is 0.499. The van der Waals surface area contributed by atoms with Crippen molar-refractivity contribution in [1.82, 2.24) is 20.1 Å². The second-order valence-corrected chi connectivity index (χ2v) is 7.87. The molecule has 0 bridgehead atoms. The second-order valence-electron chi connectivity index (χ2n) is 6.49. The fraction of sp³-hybridized carbons (Fsp3) is 0.238. The molecular weight excluding hydrogens is 422 g/mol. The Hall–Kier alpha value is -2.84. The summed E-state index contributed by atoms with van der Waals surface area (Å²) in [7, 11) is 0. The van der Waals surface area contributed by atoms with Crippen LogP contribution in [0.15, 0.2) is 59.8 Å². The summed E-state index contributed by atoms with van der Waals surface area (Å²) < 4.78 is 1.90. The van der Waals surface area contributed by atoms with Crippen molar-refractivity contribution in [2.75, 3.05) is 11.1 Å². The number of amides is 2. The van der Waals surface area contributed by atoms with Crippen LogP contribution in [0.25, 0.3) is 0 Å². The normalized spacial score (nSPS) is 11.7. The molecular formula is C21H22ClN5O2S. The summed E-state index contributed by atoms with van der Waals surface area (Å²) in [5.41, 5.74) is 1.26. The van der Waals surface area contributed by atoms with Crippen molar-refractivity contribution in [2.45, 2.75) is 31.6 Å². The van der Waals surface area contributed by atoms with Crippen LogP contribution in [0.3, 0.4) is 0 Å². The molecule has 0 saturated carbocycles.